The summed E-state index contributed by atoms with van der Waals surface area (Å²) in [4.78, 5) is 33.1. The first kappa shape index (κ1) is 28.7. The van der Waals surface area contributed by atoms with Crippen molar-refractivity contribution in [3.8, 4) is 23.0 Å². The van der Waals surface area contributed by atoms with E-state index in [1.165, 1.54) is 32.7 Å². The molecule has 0 saturated carbocycles. The Morgan fingerprint density at radius 1 is 0.929 bits per heavy atom. The maximum absolute atomic E-state index is 14.1. The van der Waals surface area contributed by atoms with Gasteiger partial charge in [0.25, 0.3) is 5.56 Å². The Kier molecular flexibility index (Phi) is 8.44. The maximum Gasteiger partial charge on any atom is 0.338 e. The van der Waals surface area contributed by atoms with E-state index in [9.17, 15) is 9.59 Å². The maximum atomic E-state index is 14.1. The number of ether oxygens (including phenoxy) is 5. The van der Waals surface area contributed by atoms with Crippen LogP contribution in [0.5, 0.6) is 23.0 Å². The van der Waals surface area contributed by atoms with Gasteiger partial charge in [-0.1, -0.05) is 53.8 Å². The number of thiazole rings is 1. The molecule has 0 radical (unpaired) electrons. The van der Waals surface area contributed by atoms with Crippen LogP contribution < -0.4 is 33.8 Å². The second-order valence-electron chi connectivity index (χ2n) is 9.17. The first-order valence-corrected chi connectivity index (χ1v) is 14.0. The van der Waals surface area contributed by atoms with E-state index < -0.39 is 12.0 Å². The van der Waals surface area contributed by atoms with Gasteiger partial charge in [-0.2, -0.15) is 0 Å². The van der Waals surface area contributed by atoms with Crippen LogP contribution in [0.15, 0.2) is 82.1 Å². The zero-order valence-corrected chi connectivity index (χ0v) is 24.7. The van der Waals surface area contributed by atoms with Gasteiger partial charge >= 0.3 is 5.97 Å². The van der Waals surface area contributed by atoms with E-state index in [0.717, 1.165) is 5.56 Å². The van der Waals surface area contributed by atoms with Crippen LogP contribution in [-0.2, 0) is 9.53 Å². The molecule has 1 aliphatic rings. The van der Waals surface area contributed by atoms with Crippen molar-refractivity contribution in [1.82, 2.24) is 4.57 Å². The summed E-state index contributed by atoms with van der Waals surface area (Å²) in [6.07, 6.45) is 1.74. The third-order valence-corrected chi connectivity index (χ3v) is 7.75. The molecule has 0 aliphatic carbocycles. The highest BCUT2D eigenvalue weighted by Crippen LogP contribution is 2.39. The number of hydrogen-bond donors (Lipinski definition) is 0. The molecule has 2 heterocycles. The number of methoxy groups -OCH3 is 4. The predicted octanol–water partition coefficient (Wildman–Crippen LogP) is 3.97. The van der Waals surface area contributed by atoms with Gasteiger partial charge in [0.05, 0.1) is 56.9 Å². The molecule has 0 bridgehead atoms. The number of carbonyl (C=O) groups excluding carboxylic acids is 1. The van der Waals surface area contributed by atoms with Crippen molar-refractivity contribution in [3.05, 3.63) is 109 Å². The molecule has 10 heteroatoms. The van der Waals surface area contributed by atoms with Gasteiger partial charge in [0.15, 0.2) is 16.3 Å². The third kappa shape index (κ3) is 5.28. The Morgan fingerprint density at radius 3 is 2.26 bits per heavy atom. The van der Waals surface area contributed by atoms with Gasteiger partial charge in [-0.15, -0.1) is 0 Å². The van der Waals surface area contributed by atoms with Gasteiger partial charge in [-0.25, -0.2) is 9.79 Å². The van der Waals surface area contributed by atoms with E-state index >= 15 is 0 Å². The summed E-state index contributed by atoms with van der Waals surface area (Å²) in [5.41, 5.74) is 2.48. The summed E-state index contributed by atoms with van der Waals surface area (Å²) in [5.74, 6) is 1.41. The molecule has 0 saturated heterocycles. The first-order chi connectivity index (χ1) is 20.4. The Labute approximate surface area is 246 Å². The summed E-state index contributed by atoms with van der Waals surface area (Å²) in [6.45, 7) is 1.91. The number of benzene rings is 3. The van der Waals surface area contributed by atoms with E-state index in [1.54, 1.807) is 36.8 Å². The van der Waals surface area contributed by atoms with Crippen molar-refractivity contribution in [2.75, 3.05) is 35.0 Å². The molecule has 4 aromatic rings. The zero-order chi connectivity index (χ0) is 29.8. The summed E-state index contributed by atoms with van der Waals surface area (Å²) in [6, 6.07) is 19.4. The minimum Gasteiger partial charge on any atom is -0.497 e. The molecule has 1 aromatic heterocycles. The SMILES string of the molecule is CCOC(=O)C1=C(c2ccccc2)N=c2s/c(=C\c3cc(OC)c(OC)c(OC)c3)c(=O)n2[C@H]1c1cccc(OC)c1. The fraction of sp³-hybridized carbons (Fsp3) is 0.219. The van der Waals surface area contributed by atoms with Gasteiger partial charge in [0.1, 0.15) is 5.75 Å². The highest BCUT2D eigenvalue weighted by molar-refractivity contribution is 7.07. The Hall–Kier alpha value is -4.83. The van der Waals surface area contributed by atoms with E-state index in [4.69, 9.17) is 28.7 Å². The van der Waals surface area contributed by atoms with Gasteiger partial charge in [0, 0.05) is 5.56 Å². The number of nitrogens with zero attached hydrogens (tertiary/aromatic N) is 2. The van der Waals surface area contributed by atoms with Crippen LogP contribution >= 0.6 is 11.3 Å². The summed E-state index contributed by atoms with van der Waals surface area (Å²) in [7, 11) is 6.16. The smallest absolute Gasteiger partial charge is 0.338 e. The molecule has 0 unspecified atom stereocenters. The second-order valence-corrected chi connectivity index (χ2v) is 10.2. The fourth-order valence-electron chi connectivity index (χ4n) is 4.90. The van der Waals surface area contributed by atoms with Gasteiger partial charge < -0.3 is 23.7 Å². The number of rotatable bonds is 9. The van der Waals surface area contributed by atoms with Crippen molar-refractivity contribution in [2.24, 2.45) is 4.99 Å². The molecule has 1 atom stereocenters. The van der Waals surface area contributed by atoms with Gasteiger partial charge in [0.2, 0.25) is 5.75 Å². The van der Waals surface area contributed by atoms with Crippen molar-refractivity contribution < 1.29 is 28.5 Å². The van der Waals surface area contributed by atoms with E-state index in [-0.39, 0.29) is 17.7 Å². The fourth-order valence-corrected chi connectivity index (χ4v) is 5.90. The van der Waals surface area contributed by atoms with Crippen LogP contribution in [0.25, 0.3) is 11.8 Å². The van der Waals surface area contributed by atoms with Crippen LogP contribution in [0.3, 0.4) is 0 Å². The number of esters is 1. The number of carbonyl (C=O) groups is 1. The minimum atomic E-state index is -0.812. The summed E-state index contributed by atoms with van der Waals surface area (Å²) in [5, 5.41) is 0. The molecular weight excluding hydrogens is 556 g/mol. The molecule has 0 fully saturated rings. The lowest BCUT2D eigenvalue weighted by molar-refractivity contribution is -0.138. The second kappa shape index (κ2) is 12.4. The molecule has 3 aromatic carbocycles. The number of aromatic nitrogens is 1. The first-order valence-electron chi connectivity index (χ1n) is 13.2. The molecule has 9 nitrogen and oxygen atoms in total. The monoisotopic (exact) mass is 586 g/mol. The minimum absolute atomic E-state index is 0.167. The summed E-state index contributed by atoms with van der Waals surface area (Å²) >= 11 is 1.23. The van der Waals surface area contributed by atoms with Crippen molar-refractivity contribution in [2.45, 2.75) is 13.0 Å². The molecular formula is C32H30N2O7S. The predicted molar refractivity (Wildman–Crippen MR) is 160 cm³/mol. The Balaban J connectivity index is 1.82. The standard InChI is InChI=1S/C32H30N2O7S/c1-6-41-31(36)26-27(20-11-8-7-9-12-20)33-32-34(28(26)21-13-10-14-22(18-21)37-2)30(35)25(42-32)17-19-15-23(38-3)29(40-5)24(16-19)39-4/h7-18,28H,6H2,1-5H3/b25-17-/t28-/m0/s1. The molecule has 42 heavy (non-hydrogen) atoms. The molecule has 5 rings (SSSR count). The average molecular weight is 587 g/mol. The van der Waals surface area contributed by atoms with Crippen LogP contribution in [0.2, 0.25) is 0 Å². The van der Waals surface area contributed by atoms with E-state index in [2.05, 4.69) is 0 Å². The quantitative estimate of drug-likeness (QED) is 0.274. The average Bonchev–Trinajstić information content (AvgIpc) is 3.34. The summed E-state index contributed by atoms with van der Waals surface area (Å²) < 4.78 is 29.4. The van der Waals surface area contributed by atoms with Crippen molar-refractivity contribution in [3.63, 3.8) is 0 Å². The van der Waals surface area contributed by atoms with Crippen LogP contribution in [-0.4, -0.2) is 45.6 Å². The largest absolute Gasteiger partial charge is 0.497 e. The van der Waals surface area contributed by atoms with Crippen molar-refractivity contribution in [1.29, 1.82) is 0 Å². The molecule has 0 N–H and O–H groups in total. The Morgan fingerprint density at radius 2 is 1.64 bits per heavy atom. The van der Waals surface area contributed by atoms with Crippen LogP contribution in [0.4, 0.5) is 0 Å². The van der Waals surface area contributed by atoms with Crippen molar-refractivity contribution >= 4 is 29.1 Å². The lowest BCUT2D eigenvalue weighted by atomic mass is 9.93. The molecule has 1 aliphatic heterocycles. The molecule has 0 spiro atoms. The van der Waals surface area contributed by atoms with Gasteiger partial charge in [-0.05, 0) is 48.4 Å². The highest BCUT2D eigenvalue weighted by atomic mass is 32.1. The number of fused-ring (bicyclic) bond motifs is 1. The van der Waals surface area contributed by atoms with E-state index in [0.29, 0.717) is 49.2 Å². The van der Waals surface area contributed by atoms with E-state index in [1.807, 2.05) is 54.6 Å². The normalized spacial score (nSPS) is 14.6. The van der Waals surface area contributed by atoms with Crippen LogP contribution in [0, 0.1) is 0 Å². The van der Waals surface area contributed by atoms with Gasteiger partial charge in [-0.3, -0.25) is 9.36 Å². The number of hydrogen-bond acceptors (Lipinski definition) is 9. The lowest BCUT2D eigenvalue weighted by Gasteiger charge is -2.26. The topological polar surface area (TPSA) is 97.6 Å². The molecule has 216 valence electrons. The Bertz CT molecular complexity index is 1820. The molecule has 0 amide bonds. The highest BCUT2D eigenvalue weighted by Gasteiger charge is 2.35. The lowest BCUT2D eigenvalue weighted by Crippen LogP contribution is -2.40. The third-order valence-electron chi connectivity index (χ3n) is 6.77. The zero-order valence-electron chi connectivity index (χ0n) is 23.9. The van der Waals surface area contributed by atoms with Crippen LogP contribution in [0.1, 0.15) is 29.7 Å².